The van der Waals surface area contributed by atoms with Crippen LogP contribution in [0.1, 0.15) is 76.7 Å². The van der Waals surface area contributed by atoms with Crippen molar-refractivity contribution in [1.29, 1.82) is 0 Å². The first-order valence-electron chi connectivity index (χ1n) is 12.3. The maximum atomic E-state index is 12.4. The molecule has 10 heteroatoms. The molecule has 0 spiro atoms. The number of aliphatic hydroxyl groups excluding tert-OH is 1. The number of aliphatic hydroxyl groups is 1. The third-order valence-corrected chi connectivity index (χ3v) is 6.62. The molecule has 0 aliphatic carbocycles. The molecule has 0 bridgehead atoms. The van der Waals surface area contributed by atoms with Gasteiger partial charge in [-0.05, 0) is 63.7 Å². The molecule has 1 unspecified atom stereocenters. The summed E-state index contributed by atoms with van der Waals surface area (Å²) >= 11 is 0. The summed E-state index contributed by atoms with van der Waals surface area (Å²) in [5.41, 5.74) is -3.08. The van der Waals surface area contributed by atoms with Crippen LogP contribution >= 0.6 is 0 Å². The van der Waals surface area contributed by atoms with Gasteiger partial charge in [0, 0.05) is 6.42 Å². The Labute approximate surface area is 229 Å². The van der Waals surface area contributed by atoms with Crippen LogP contribution in [0.2, 0.25) is 0 Å². The van der Waals surface area contributed by atoms with Gasteiger partial charge in [-0.3, -0.25) is 0 Å². The number of ether oxygens (including phenoxy) is 1. The molecule has 1 aliphatic rings. The summed E-state index contributed by atoms with van der Waals surface area (Å²) in [5.74, 6) is 5.48. The minimum atomic E-state index is -5.65. The van der Waals surface area contributed by atoms with E-state index in [2.05, 4.69) is 16.0 Å². The van der Waals surface area contributed by atoms with Gasteiger partial charge < -0.3 is 18.8 Å². The average Bonchev–Trinajstić information content (AvgIpc) is 2.89. The largest absolute Gasteiger partial charge is 0.534 e. The molecule has 1 aliphatic heterocycles. The highest BCUT2D eigenvalue weighted by Crippen LogP contribution is 2.37. The van der Waals surface area contributed by atoms with Gasteiger partial charge in [0.25, 0.3) is 0 Å². The van der Waals surface area contributed by atoms with E-state index in [1.807, 2.05) is 67.6 Å². The van der Waals surface area contributed by atoms with Gasteiger partial charge >= 0.3 is 15.6 Å². The summed E-state index contributed by atoms with van der Waals surface area (Å²) in [6, 6.07) is 19.1. The predicted octanol–water partition coefficient (Wildman–Crippen LogP) is 6.80. The van der Waals surface area contributed by atoms with Gasteiger partial charge in [-0.1, -0.05) is 60.7 Å². The highest BCUT2D eigenvalue weighted by molar-refractivity contribution is 7.87. The number of carbonyl (C=O) groups is 1. The lowest BCUT2D eigenvalue weighted by Gasteiger charge is -2.31. The van der Waals surface area contributed by atoms with Gasteiger partial charge in [0.05, 0.1) is 18.3 Å². The number of rotatable bonds is 6. The van der Waals surface area contributed by atoms with Crippen molar-refractivity contribution in [2.45, 2.75) is 77.2 Å². The highest BCUT2D eigenvalue weighted by Gasteiger charge is 2.49. The predicted molar refractivity (Wildman–Crippen MR) is 144 cm³/mol. The molecular weight excluding hydrogens is 533 g/mol. The summed E-state index contributed by atoms with van der Waals surface area (Å²) in [5, 5.41) is 9.68. The zero-order valence-corrected chi connectivity index (χ0v) is 23.3. The second-order valence-corrected chi connectivity index (χ2v) is 9.95. The average molecular weight is 569 g/mol. The Morgan fingerprint density at radius 2 is 1.69 bits per heavy atom. The number of hydrogen-bond donors (Lipinski definition) is 1. The SMILES string of the molecule is C/C(OS(=O)(=O)C(F)(F)F)=C1/CC[C@@H](c2ccccc2)O[C@H]1C.CC#CCCC(O)c1ccccc1.CC=O. The van der Waals surface area contributed by atoms with Crippen LogP contribution in [0.15, 0.2) is 72.0 Å². The molecule has 1 heterocycles. The van der Waals surface area contributed by atoms with Gasteiger partial charge in [-0.15, -0.1) is 11.8 Å². The molecule has 1 fully saturated rings. The minimum absolute atomic E-state index is 0.179. The molecule has 6 nitrogen and oxygen atoms in total. The van der Waals surface area contributed by atoms with Crippen molar-refractivity contribution in [3.63, 3.8) is 0 Å². The Balaban J connectivity index is 0.000000401. The Kier molecular flexibility index (Phi) is 14.6. The smallest absolute Gasteiger partial charge is 0.388 e. The molecule has 2 aromatic carbocycles. The number of halogens is 3. The third kappa shape index (κ3) is 11.6. The normalized spacial score (nSPS) is 19.0. The van der Waals surface area contributed by atoms with Crippen LogP contribution < -0.4 is 0 Å². The molecule has 3 rings (SSSR count). The van der Waals surface area contributed by atoms with Gasteiger partial charge in [0.2, 0.25) is 0 Å². The summed E-state index contributed by atoms with van der Waals surface area (Å²) in [4.78, 5) is 8.81. The second-order valence-electron chi connectivity index (χ2n) is 8.41. The van der Waals surface area contributed by atoms with Crippen LogP contribution in [0.4, 0.5) is 13.2 Å². The molecule has 0 saturated carbocycles. The fourth-order valence-corrected chi connectivity index (χ4v) is 4.23. The number of aldehydes is 1. The number of benzene rings is 2. The van der Waals surface area contributed by atoms with Crippen molar-refractivity contribution >= 4 is 16.4 Å². The molecule has 39 heavy (non-hydrogen) atoms. The van der Waals surface area contributed by atoms with E-state index in [1.165, 1.54) is 13.8 Å². The standard InChI is InChI=1S/C15H17F3O4S.C12H14O.C2H4O/c1-10-13(11(2)22-23(19,20)15(16,17)18)8-9-14(21-10)12-6-4-3-5-7-12;1-2-3-5-10-12(13)11-8-6-4-7-9-11;1-2-3/h3-7,10,14H,8-9H2,1-2H3;4,6-9,12-13H,5,10H2,1H3;2H,1H3/b13-11+;;/t10-,14-;;/m0../s1. The Morgan fingerprint density at radius 1 is 1.15 bits per heavy atom. The number of allylic oxidation sites excluding steroid dienone is 1. The summed E-state index contributed by atoms with van der Waals surface area (Å²) in [6.07, 6.45) is 2.08. The molecule has 0 aromatic heterocycles. The van der Waals surface area contributed by atoms with E-state index in [1.54, 1.807) is 6.92 Å². The quantitative estimate of drug-likeness (QED) is 0.136. The van der Waals surface area contributed by atoms with Crippen LogP contribution in [0.3, 0.4) is 0 Å². The first-order chi connectivity index (χ1) is 18.4. The molecule has 2 aromatic rings. The number of alkyl halides is 3. The Morgan fingerprint density at radius 3 is 2.18 bits per heavy atom. The Bertz CT molecular complexity index is 1200. The van der Waals surface area contributed by atoms with Crippen LogP contribution in [0.5, 0.6) is 0 Å². The number of carbonyl (C=O) groups excluding carboxylic acids is 1. The van der Waals surface area contributed by atoms with Crippen molar-refractivity contribution in [2.75, 3.05) is 0 Å². The Hall–Kier alpha value is -3.13. The van der Waals surface area contributed by atoms with Crippen LogP contribution in [-0.2, 0) is 23.8 Å². The van der Waals surface area contributed by atoms with Crippen molar-refractivity contribution in [3.05, 3.63) is 83.1 Å². The van der Waals surface area contributed by atoms with E-state index in [0.29, 0.717) is 24.8 Å². The molecular formula is C29H35F3O6S. The van der Waals surface area contributed by atoms with E-state index in [4.69, 9.17) is 9.53 Å². The van der Waals surface area contributed by atoms with Gasteiger partial charge in [-0.2, -0.15) is 21.6 Å². The lowest BCUT2D eigenvalue weighted by atomic mass is 9.94. The minimum Gasteiger partial charge on any atom is -0.388 e. The van der Waals surface area contributed by atoms with E-state index >= 15 is 0 Å². The summed E-state index contributed by atoms with van der Waals surface area (Å²) in [7, 11) is -5.65. The number of hydrogen-bond acceptors (Lipinski definition) is 6. The van der Waals surface area contributed by atoms with Crippen molar-refractivity contribution in [2.24, 2.45) is 0 Å². The second kappa shape index (κ2) is 16.7. The van der Waals surface area contributed by atoms with E-state index in [-0.39, 0.29) is 18.0 Å². The third-order valence-electron chi connectivity index (χ3n) is 5.58. The van der Waals surface area contributed by atoms with Gasteiger partial charge in [0.1, 0.15) is 12.0 Å². The fraction of sp³-hybridized carbons (Fsp3) is 0.414. The van der Waals surface area contributed by atoms with Crippen LogP contribution in [0.25, 0.3) is 0 Å². The molecule has 0 amide bonds. The highest BCUT2D eigenvalue weighted by atomic mass is 32.2. The molecule has 1 N–H and O–H groups in total. The van der Waals surface area contributed by atoms with Gasteiger partial charge in [0.15, 0.2) is 0 Å². The van der Waals surface area contributed by atoms with Crippen molar-refractivity contribution in [1.82, 2.24) is 0 Å². The van der Waals surface area contributed by atoms with Crippen molar-refractivity contribution in [3.8, 4) is 11.8 Å². The zero-order chi connectivity index (χ0) is 29.5. The maximum Gasteiger partial charge on any atom is 0.534 e. The summed E-state index contributed by atoms with van der Waals surface area (Å²) in [6.45, 7) is 6.13. The summed E-state index contributed by atoms with van der Waals surface area (Å²) < 4.78 is 69.3. The first kappa shape index (κ1) is 33.9. The van der Waals surface area contributed by atoms with Crippen LogP contribution in [-0.4, -0.2) is 31.4 Å². The van der Waals surface area contributed by atoms with E-state index in [9.17, 15) is 26.7 Å². The lowest BCUT2D eigenvalue weighted by molar-refractivity contribution is -0.106. The molecule has 1 saturated heterocycles. The molecule has 214 valence electrons. The molecule has 0 radical (unpaired) electrons. The topological polar surface area (TPSA) is 89.9 Å². The fourth-order valence-electron chi connectivity index (χ4n) is 3.70. The molecule has 3 atom stereocenters. The van der Waals surface area contributed by atoms with Gasteiger partial charge in [-0.25, -0.2) is 0 Å². The van der Waals surface area contributed by atoms with E-state index < -0.39 is 21.7 Å². The maximum absolute atomic E-state index is 12.4. The van der Waals surface area contributed by atoms with Crippen LogP contribution in [0, 0.1) is 11.8 Å². The lowest BCUT2D eigenvalue weighted by Crippen LogP contribution is -2.28. The zero-order valence-electron chi connectivity index (χ0n) is 22.4. The van der Waals surface area contributed by atoms with E-state index in [0.717, 1.165) is 23.8 Å². The van der Waals surface area contributed by atoms with Crippen molar-refractivity contribution < 1.29 is 40.4 Å². The first-order valence-corrected chi connectivity index (χ1v) is 13.7. The monoisotopic (exact) mass is 568 g/mol.